The SMILES string of the molecule is COc1cc(C=O)ccc1OC(C)C(=O)NCC(C)C. The van der Waals surface area contributed by atoms with Gasteiger partial charge in [-0.05, 0) is 31.0 Å². The highest BCUT2D eigenvalue weighted by Gasteiger charge is 2.17. The fraction of sp³-hybridized carbons (Fsp3) is 0.467. The van der Waals surface area contributed by atoms with Crippen LogP contribution in [0.3, 0.4) is 0 Å². The Kier molecular flexibility index (Phi) is 6.03. The van der Waals surface area contributed by atoms with Gasteiger partial charge in [-0.2, -0.15) is 0 Å². The van der Waals surface area contributed by atoms with Crippen LogP contribution in [-0.2, 0) is 4.79 Å². The van der Waals surface area contributed by atoms with Crippen molar-refractivity contribution in [1.29, 1.82) is 0 Å². The van der Waals surface area contributed by atoms with Gasteiger partial charge in [0.2, 0.25) is 0 Å². The van der Waals surface area contributed by atoms with E-state index in [2.05, 4.69) is 5.32 Å². The highest BCUT2D eigenvalue weighted by Crippen LogP contribution is 2.28. The number of carbonyl (C=O) groups is 2. The average molecular weight is 279 g/mol. The lowest BCUT2D eigenvalue weighted by atomic mass is 10.2. The molecule has 0 aromatic heterocycles. The second kappa shape index (κ2) is 7.53. The second-order valence-corrected chi connectivity index (χ2v) is 4.93. The molecule has 0 aliphatic heterocycles. The molecule has 0 saturated carbocycles. The van der Waals surface area contributed by atoms with Crippen LogP contribution in [-0.4, -0.2) is 32.0 Å². The molecule has 0 radical (unpaired) electrons. The van der Waals surface area contributed by atoms with Crippen molar-refractivity contribution in [2.24, 2.45) is 5.92 Å². The molecule has 1 atom stereocenters. The molecule has 1 amide bonds. The van der Waals surface area contributed by atoms with Gasteiger partial charge in [-0.3, -0.25) is 9.59 Å². The molecule has 5 nitrogen and oxygen atoms in total. The molecular weight excluding hydrogens is 258 g/mol. The number of aldehydes is 1. The van der Waals surface area contributed by atoms with Gasteiger partial charge in [-0.15, -0.1) is 0 Å². The summed E-state index contributed by atoms with van der Waals surface area (Å²) < 4.78 is 10.7. The van der Waals surface area contributed by atoms with Crippen molar-refractivity contribution in [3.63, 3.8) is 0 Å². The molecule has 1 aromatic rings. The molecule has 110 valence electrons. The third-order valence-electron chi connectivity index (χ3n) is 2.68. The first kappa shape index (κ1) is 16.0. The van der Waals surface area contributed by atoms with Crippen molar-refractivity contribution in [3.8, 4) is 11.5 Å². The van der Waals surface area contributed by atoms with Crippen LogP contribution in [0.5, 0.6) is 11.5 Å². The summed E-state index contributed by atoms with van der Waals surface area (Å²) in [7, 11) is 1.49. The van der Waals surface area contributed by atoms with Gasteiger partial charge >= 0.3 is 0 Å². The van der Waals surface area contributed by atoms with Gasteiger partial charge in [-0.25, -0.2) is 0 Å². The number of hydrogen-bond donors (Lipinski definition) is 1. The van der Waals surface area contributed by atoms with Crippen molar-refractivity contribution in [2.75, 3.05) is 13.7 Å². The fourth-order valence-corrected chi connectivity index (χ4v) is 1.55. The van der Waals surface area contributed by atoms with Crippen LogP contribution >= 0.6 is 0 Å². The lowest BCUT2D eigenvalue weighted by molar-refractivity contribution is -0.127. The summed E-state index contributed by atoms with van der Waals surface area (Å²) in [5, 5.41) is 2.80. The lowest BCUT2D eigenvalue weighted by Crippen LogP contribution is -2.38. The molecule has 20 heavy (non-hydrogen) atoms. The Bertz CT molecular complexity index is 471. The highest BCUT2D eigenvalue weighted by molar-refractivity contribution is 5.81. The summed E-state index contributed by atoms with van der Waals surface area (Å²) in [5.41, 5.74) is 0.492. The molecular formula is C15H21NO4. The van der Waals surface area contributed by atoms with Crippen LogP contribution in [0, 0.1) is 5.92 Å². The van der Waals surface area contributed by atoms with E-state index in [1.807, 2.05) is 13.8 Å². The van der Waals surface area contributed by atoms with Gasteiger partial charge in [0, 0.05) is 12.1 Å². The molecule has 1 rings (SSSR count). The molecule has 1 unspecified atom stereocenters. The zero-order valence-electron chi connectivity index (χ0n) is 12.3. The number of amides is 1. The Morgan fingerprint density at radius 2 is 2.00 bits per heavy atom. The molecule has 0 bridgehead atoms. The summed E-state index contributed by atoms with van der Waals surface area (Å²) in [4.78, 5) is 22.5. The molecule has 0 heterocycles. The summed E-state index contributed by atoms with van der Waals surface area (Å²) in [6.07, 6.45) is 0.0927. The minimum atomic E-state index is -0.635. The van der Waals surface area contributed by atoms with Crippen LogP contribution in [0.15, 0.2) is 18.2 Å². The van der Waals surface area contributed by atoms with E-state index in [1.165, 1.54) is 7.11 Å². The van der Waals surface area contributed by atoms with Crippen molar-refractivity contribution >= 4 is 12.2 Å². The third-order valence-corrected chi connectivity index (χ3v) is 2.68. The number of carbonyl (C=O) groups excluding carboxylic acids is 2. The van der Waals surface area contributed by atoms with Crippen LogP contribution in [0.1, 0.15) is 31.1 Å². The van der Waals surface area contributed by atoms with E-state index in [4.69, 9.17) is 9.47 Å². The van der Waals surface area contributed by atoms with E-state index < -0.39 is 6.10 Å². The number of ether oxygens (including phenoxy) is 2. The third kappa shape index (κ3) is 4.57. The van der Waals surface area contributed by atoms with E-state index in [0.29, 0.717) is 29.5 Å². The molecule has 5 heteroatoms. The van der Waals surface area contributed by atoms with Gasteiger partial charge in [0.1, 0.15) is 6.29 Å². The number of nitrogens with one attached hydrogen (secondary N) is 1. The second-order valence-electron chi connectivity index (χ2n) is 4.93. The monoisotopic (exact) mass is 279 g/mol. The van der Waals surface area contributed by atoms with E-state index in [9.17, 15) is 9.59 Å². The number of rotatable bonds is 7. The Morgan fingerprint density at radius 1 is 1.30 bits per heavy atom. The fourth-order valence-electron chi connectivity index (χ4n) is 1.55. The quantitative estimate of drug-likeness (QED) is 0.776. The maximum absolute atomic E-state index is 11.8. The molecule has 1 aromatic carbocycles. The average Bonchev–Trinajstić information content (AvgIpc) is 2.44. The van der Waals surface area contributed by atoms with Gasteiger partial charge in [-0.1, -0.05) is 13.8 Å². The van der Waals surface area contributed by atoms with E-state index in [0.717, 1.165) is 6.29 Å². The number of methoxy groups -OCH3 is 1. The first-order valence-electron chi connectivity index (χ1n) is 6.55. The van der Waals surface area contributed by atoms with Crippen molar-refractivity contribution in [3.05, 3.63) is 23.8 Å². The maximum atomic E-state index is 11.8. The van der Waals surface area contributed by atoms with Gasteiger partial charge in [0.15, 0.2) is 17.6 Å². The number of benzene rings is 1. The molecule has 1 N–H and O–H groups in total. The normalized spacial score (nSPS) is 11.8. The van der Waals surface area contributed by atoms with Crippen LogP contribution < -0.4 is 14.8 Å². The van der Waals surface area contributed by atoms with Gasteiger partial charge in [0.05, 0.1) is 7.11 Å². The van der Waals surface area contributed by atoms with E-state index in [-0.39, 0.29) is 5.91 Å². The zero-order chi connectivity index (χ0) is 15.1. The van der Waals surface area contributed by atoms with Gasteiger partial charge in [0.25, 0.3) is 5.91 Å². The largest absolute Gasteiger partial charge is 0.493 e. The Hall–Kier alpha value is -2.04. The first-order chi connectivity index (χ1) is 9.47. The smallest absolute Gasteiger partial charge is 0.260 e. The Morgan fingerprint density at radius 3 is 2.55 bits per heavy atom. The number of hydrogen-bond acceptors (Lipinski definition) is 4. The van der Waals surface area contributed by atoms with Crippen molar-refractivity contribution in [1.82, 2.24) is 5.32 Å². The van der Waals surface area contributed by atoms with Crippen molar-refractivity contribution in [2.45, 2.75) is 26.9 Å². The Balaban J connectivity index is 2.72. The minimum Gasteiger partial charge on any atom is -0.493 e. The maximum Gasteiger partial charge on any atom is 0.260 e. The molecule has 0 fully saturated rings. The van der Waals surface area contributed by atoms with Crippen LogP contribution in [0.2, 0.25) is 0 Å². The zero-order valence-corrected chi connectivity index (χ0v) is 12.3. The topological polar surface area (TPSA) is 64.6 Å². The van der Waals surface area contributed by atoms with Crippen molar-refractivity contribution < 1.29 is 19.1 Å². The van der Waals surface area contributed by atoms with Gasteiger partial charge < -0.3 is 14.8 Å². The van der Waals surface area contributed by atoms with Crippen LogP contribution in [0.4, 0.5) is 0 Å². The molecule has 0 aliphatic rings. The minimum absolute atomic E-state index is 0.180. The highest BCUT2D eigenvalue weighted by atomic mass is 16.5. The summed E-state index contributed by atoms with van der Waals surface area (Å²) in [5.74, 6) is 1.07. The van der Waals surface area contributed by atoms with Crippen LogP contribution in [0.25, 0.3) is 0 Å². The molecule has 0 aliphatic carbocycles. The molecule has 0 spiro atoms. The first-order valence-corrected chi connectivity index (χ1v) is 6.55. The predicted molar refractivity (Wildman–Crippen MR) is 76.3 cm³/mol. The standard InChI is InChI=1S/C15H21NO4/c1-10(2)8-16-15(18)11(3)20-13-6-5-12(9-17)7-14(13)19-4/h5-7,9-11H,8H2,1-4H3,(H,16,18). The van der Waals surface area contributed by atoms with E-state index >= 15 is 0 Å². The summed E-state index contributed by atoms with van der Waals surface area (Å²) in [6, 6.07) is 4.81. The predicted octanol–water partition coefficient (Wildman–Crippen LogP) is 2.05. The summed E-state index contributed by atoms with van der Waals surface area (Å²) in [6.45, 7) is 6.32. The summed E-state index contributed by atoms with van der Waals surface area (Å²) >= 11 is 0. The lowest BCUT2D eigenvalue weighted by Gasteiger charge is -2.17. The molecule has 0 saturated heterocycles. The van der Waals surface area contributed by atoms with E-state index in [1.54, 1.807) is 25.1 Å². The Labute approximate surface area is 119 Å².